The molecule has 0 saturated heterocycles. The summed E-state index contributed by atoms with van der Waals surface area (Å²) >= 11 is 0. The molecule has 0 unspecified atom stereocenters. The predicted octanol–water partition coefficient (Wildman–Crippen LogP) is 3.18. The summed E-state index contributed by atoms with van der Waals surface area (Å²) in [7, 11) is 0. The van der Waals surface area contributed by atoms with E-state index in [9.17, 15) is 9.59 Å². The van der Waals surface area contributed by atoms with Crippen LogP contribution in [0.15, 0.2) is 46.9 Å². The van der Waals surface area contributed by atoms with Crippen LogP contribution in [0.5, 0.6) is 5.75 Å². The average Bonchev–Trinajstić information content (AvgIpc) is 3.06. The Balaban J connectivity index is 1.54. The highest BCUT2D eigenvalue weighted by atomic mass is 16.5. The number of anilines is 1. The molecule has 2 N–H and O–H groups in total. The molecule has 0 radical (unpaired) electrons. The molecule has 1 aromatic heterocycles. The zero-order valence-corrected chi connectivity index (χ0v) is 15.2. The largest absolute Gasteiger partial charge is 0.492 e. The maximum atomic E-state index is 12.1. The normalized spacial score (nSPS) is 10.6. The molecule has 0 saturated carbocycles. The van der Waals surface area contributed by atoms with Crippen LogP contribution in [-0.2, 0) is 16.1 Å². The number of rotatable bonds is 7. The lowest BCUT2D eigenvalue weighted by molar-refractivity contribution is -0.127. The number of nitrogens with zero attached hydrogens (tertiary/aromatic N) is 1. The van der Waals surface area contributed by atoms with Gasteiger partial charge in [-0.2, -0.15) is 0 Å². The molecule has 0 spiro atoms. The molecule has 1 heterocycles. The van der Waals surface area contributed by atoms with Crippen molar-refractivity contribution in [1.82, 2.24) is 10.3 Å². The van der Waals surface area contributed by atoms with Crippen LogP contribution in [0.25, 0.3) is 11.1 Å². The highest BCUT2D eigenvalue weighted by Gasteiger charge is 2.13. The summed E-state index contributed by atoms with van der Waals surface area (Å²) in [5, 5.41) is 5.34. The molecule has 27 heavy (non-hydrogen) atoms. The lowest BCUT2D eigenvalue weighted by atomic mass is 10.2. The molecule has 0 aliphatic carbocycles. The fourth-order valence-electron chi connectivity index (χ4n) is 2.64. The maximum Gasteiger partial charge on any atom is 0.233 e. The summed E-state index contributed by atoms with van der Waals surface area (Å²) in [5.41, 5.74) is 2.98. The van der Waals surface area contributed by atoms with Gasteiger partial charge >= 0.3 is 0 Å². The smallest absolute Gasteiger partial charge is 0.233 e. The molecule has 2 aromatic carbocycles. The van der Waals surface area contributed by atoms with Gasteiger partial charge in [-0.25, -0.2) is 4.98 Å². The summed E-state index contributed by atoms with van der Waals surface area (Å²) in [4.78, 5) is 28.5. The number of nitrogens with one attached hydrogen (secondary N) is 2. The molecule has 140 valence electrons. The Morgan fingerprint density at radius 2 is 1.93 bits per heavy atom. The second-order valence-electron chi connectivity index (χ2n) is 5.96. The van der Waals surface area contributed by atoms with Crippen molar-refractivity contribution in [3.05, 3.63) is 53.9 Å². The summed E-state index contributed by atoms with van der Waals surface area (Å²) in [5.74, 6) is 0.124. The minimum absolute atomic E-state index is 0.121. The predicted molar refractivity (Wildman–Crippen MR) is 101 cm³/mol. The van der Waals surface area contributed by atoms with E-state index in [1.165, 1.54) is 0 Å². The fraction of sp³-hybridized carbons (Fsp3) is 0.250. The number of hydrogen-bond acceptors (Lipinski definition) is 5. The SMILES string of the molecule is CCOc1ccccc1NC(=O)CC(=O)NCc1nc2c(C)cccc2o1. The number of ether oxygens (including phenoxy) is 1. The van der Waals surface area contributed by atoms with Gasteiger partial charge in [0.25, 0.3) is 0 Å². The van der Waals surface area contributed by atoms with Crippen LogP contribution in [0.2, 0.25) is 0 Å². The lowest BCUT2D eigenvalue weighted by Crippen LogP contribution is -2.28. The molecule has 7 heteroatoms. The topological polar surface area (TPSA) is 93.5 Å². The third kappa shape index (κ3) is 4.63. The highest BCUT2D eigenvalue weighted by molar-refractivity contribution is 6.04. The van der Waals surface area contributed by atoms with Gasteiger partial charge in [-0.3, -0.25) is 9.59 Å². The van der Waals surface area contributed by atoms with E-state index in [0.717, 1.165) is 11.1 Å². The van der Waals surface area contributed by atoms with Gasteiger partial charge < -0.3 is 19.8 Å². The third-order valence-electron chi connectivity index (χ3n) is 3.88. The number of para-hydroxylation sites is 3. The summed E-state index contributed by atoms with van der Waals surface area (Å²) < 4.78 is 11.1. The summed E-state index contributed by atoms with van der Waals surface area (Å²) in [6, 6.07) is 12.7. The Kier molecular flexibility index (Phi) is 5.71. The maximum absolute atomic E-state index is 12.1. The first kappa shape index (κ1) is 18.4. The number of fused-ring (bicyclic) bond motifs is 1. The minimum atomic E-state index is -0.423. The van der Waals surface area contributed by atoms with Crippen molar-refractivity contribution in [3.8, 4) is 5.75 Å². The second kappa shape index (κ2) is 8.35. The molecule has 0 aliphatic heterocycles. The van der Waals surface area contributed by atoms with Crippen LogP contribution in [0.4, 0.5) is 5.69 Å². The van der Waals surface area contributed by atoms with E-state index < -0.39 is 11.8 Å². The quantitative estimate of drug-likeness (QED) is 0.626. The molecule has 3 rings (SSSR count). The Labute approximate surface area is 156 Å². The molecule has 0 atom stereocenters. The highest BCUT2D eigenvalue weighted by Crippen LogP contribution is 2.23. The van der Waals surface area contributed by atoms with E-state index in [1.54, 1.807) is 18.2 Å². The van der Waals surface area contributed by atoms with Crippen LogP contribution in [-0.4, -0.2) is 23.4 Å². The van der Waals surface area contributed by atoms with Crippen molar-refractivity contribution in [2.24, 2.45) is 0 Å². The number of carbonyl (C=O) groups is 2. The van der Waals surface area contributed by atoms with E-state index in [4.69, 9.17) is 9.15 Å². The van der Waals surface area contributed by atoms with Gasteiger partial charge in [0.2, 0.25) is 17.7 Å². The number of aryl methyl sites for hydroxylation is 1. The summed E-state index contributed by atoms with van der Waals surface area (Å²) in [6.07, 6.45) is -0.306. The van der Waals surface area contributed by atoms with E-state index in [1.807, 2.05) is 38.1 Å². The molecule has 0 bridgehead atoms. The minimum Gasteiger partial charge on any atom is -0.492 e. The molecular weight excluding hydrogens is 346 g/mol. The monoisotopic (exact) mass is 367 g/mol. The summed E-state index contributed by atoms with van der Waals surface area (Å²) in [6.45, 7) is 4.41. The van der Waals surface area contributed by atoms with Gasteiger partial charge in [-0.15, -0.1) is 0 Å². The molecule has 0 fully saturated rings. The van der Waals surface area contributed by atoms with Crippen LogP contribution < -0.4 is 15.4 Å². The number of amides is 2. The van der Waals surface area contributed by atoms with Crippen LogP contribution in [0.1, 0.15) is 24.8 Å². The van der Waals surface area contributed by atoms with E-state index in [-0.39, 0.29) is 13.0 Å². The van der Waals surface area contributed by atoms with E-state index in [2.05, 4.69) is 15.6 Å². The van der Waals surface area contributed by atoms with Crippen LogP contribution >= 0.6 is 0 Å². The Morgan fingerprint density at radius 1 is 1.11 bits per heavy atom. The average molecular weight is 367 g/mol. The standard InChI is InChI=1S/C20H21N3O4/c1-3-26-15-9-5-4-8-14(15)22-18(25)11-17(24)21-12-19-23-20-13(2)7-6-10-16(20)27-19/h4-10H,3,11-12H2,1-2H3,(H,21,24)(H,22,25). The number of oxazole rings is 1. The Bertz CT molecular complexity index is 965. The van der Waals surface area contributed by atoms with Crippen LogP contribution in [0, 0.1) is 6.92 Å². The Morgan fingerprint density at radius 3 is 2.70 bits per heavy atom. The van der Waals surface area contributed by atoms with Gasteiger partial charge in [0, 0.05) is 0 Å². The van der Waals surface area contributed by atoms with Crippen molar-refractivity contribution in [2.75, 3.05) is 11.9 Å². The van der Waals surface area contributed by atoms with Crippen molar-refractivity contribution >= 4 is 28.6 Å². The number of hydrogen-bond donors (Lipinski definition) is 2. The lowest BCUT2D eigenvalue weighted by Gasteiger charge is -2.11. The third-order valence-corrected chi connectivity index (χ3v) is 3.88. The van der Waals surface area contributed by atoms with Gasteiger partial charge in [0.05, 0.1) is 18.8 Å². The molecule has 3 aromatic rings. The van der Waals surface area contributed by atoms with Crippen LogP contribution in [0.3, 0.4) is 0 Å². The van der Waals surface area contributed by atoms with Gasteiger partial charge in [0.15, 0.2) is 5.58 Å². The van der Waals surface area contributed by atoms with Gasteiger partial charge in [0.1, 0.15) is 17.7 Å². The number of carbonyl (C=O) groups excluding carboxylic acids is 2. The van der Waals surface area contributed by atoms with Crippen molar-refractivity contribution < 1.29 is 18.7 Å². The molecular formula is C20H21N3O4. The molecule has 2 amide bonds. The number of benzene rings is 2. The Hall–Kier alpha value is -3.35. The first-order valence-corrected chi connectivity index (χ1v) is 8.70. The zero-order valence-electron chi connectivity index (χ0n) is 15.2. The zero-order chi connectivity index (χ0) is 19.2. The van der Waals surface area contributed by atoms with Crippen molar-refractivity contribution in [3.63, 3.8) is 0 Å². The van der Waals surface area contributed by atoms with Crippen molar-refractivity contribution in [1.29, 1.82) is 0 Å². The van der Waals surface area contributed by atoms with Crippen molar-refractivity contribution in [2.45, 2.75) is 26.8 Å². The number of aromatic nitrogens is 1. The first-order valence-electron chi connectivity index (χ1n) is 8.70. The van der Waals surface area contributed by atoms with Gasteiger partial charge in [-0.05, 0) is 37.6 Å². The van der Waals surface area contributed by atoms with E-state index >= 15 is 0 Å². The van der Waals surface area contributed by atoms with E-state index in [0.29, 0.717) is 29.5 Å². The first-order chi connectivity index (χ1) is 13.1. The van der Waals surface area contributed by atoms with Gasteiger partial charge in [-0.1, -0.05) is 24.3 Å². The molecule has 7 nitrogen and oxygen atoms in total. The fourth-order valence-corrected chi connectivity index (χ4v) is 2.64. The molecule has 0 aliphatic rings. The second-order valence-corrected chi connectivity index (χ2v) is 5.96.